The van der Waals surface area contributed by atoms with Crippen molar-refractivity contribution in [2.75, 3.05) is 0 Å². The third-order valence-corrected chi connectivity index (χ3v) is 23.0. The summed E-state index contributed by atoms with van der Waals surface area (Å²) in [6.07, 6.45) is 1.19. The Morgan fingerprint density at radius 3 is 1.05 bits per heavy atom. The number of rotatable bonds is 4. The van der Waals surface area contributed by atoms with E-state index in [9.17, 15) is 25.2 Å². The molecule has 3 aliphatic rings. The maximum atomic E-state index is 14.9. The fraction of sp³-hybridized carbons (Fsp3) is 0.267. The lowest BCUT2D eigenvalue weighted by atomic mass is 9.81. The van der Waals surface area contributed by atoms with Crippen LogP contribution in [0.5, 0.6) is 46.0 Å². The molecule has 11 aromatic carbocycles. The first-order valence-corrected chi connectivity index (χ1v) is 44.3. The summed E-state index contributed by atoms with van der Waals surface area (Å²) in [5.41, 5.74) is 15.8. The van der Waals surface area contributed by atoms with Crippen LogP contribution < -0.4 is 36.2 Å². The molecule has 0 unspecified atom stereocenters. The van der Waals surface area contributed by atoms with Gasteiger partial charge in [-0.15, -0.1) is 25.2 Å². The molecule has 0 saturated heterocycles. The molecule has 0 radical (unpaired) electrons. The maximum Gasteiger partial charge on any atom is 0.506 e. The zero-order valence-corrected chi connectivity index (χ0v) is 74.5. The largest absolute Gasteiger partial charge is 0.506 e. The molecule has 0 amide bonds. The Hall–Kier alpha value is -8.50. The Morgan fingerprint density at radius 2 is 0.655 bits per heavy atom. The van der Waals surface area contributed by atoms with Crippen LogP contribution in [-0.4, -0.2) is 0 Å². The zero-order chi connectivity index (χ0) is 83.9. The Labute approximate surface area is 691 Å². The summed E-state index contributed by atoms with van der Waals surface area (Å²) in [4.78, 5) is 0. The number of fused-ring (bicyclic) bond motifs is 11. The normalized spacial score (nSPS) is 13.2. The molecular formula is C90H92Cl2F6O12P6. The number of para-hydroxylation sites is 6. The van der Waals surface area contributed by atoms with Gasteiger partial charge < -0.3 is 53.0 Å². The lowest BCUT2D eigenvalue weighted by molar-refractivity contribution is 0.410. The van der Waals surface area contributed by atoms with Crippen molar-refractivity contribution < 1.29 is 78.2 Å². The third kappa shape index (κ3) is 22.9. The number of aryl methyl sites for hydroxylation is 6. The van der Waals surface area contributed by atoms with Crippen molar-refractivity contribution in [3.05, 3.63) is 294 Å². The van der Waals surface area contributed by atoms with Gasteiger partial charge in [0.25, 0.3) is 0 Å². The fourth-order valence-corrected chi connectivity index (χ4v) is 17.9. The van der Waals surface area contributed by atoms with Gasteiger partial charge in [-0.3, -0.25) is 0 Å². The van der Waals surface area contributed by atoms with E-state index < -0.39 is 51.4 Å². The average molecular weight is 1740 g/mol. The molecule has 16 rings (SSSR count). The zero-order valence-electron chi connectivity index (χ0n) is 67.7. The van der Waals surface area contributed by atoms with Crippen molar-refractivity contribution in [3.8, 4) is 46.0 Å². The van der Waals surface area contributed by atoms with Gasteiger partial charge in [0.05, 0.1) is 0 Å². The second-order valence-corrected chi connectivity index (χ2v) is 37.8. The van der Waals surface area contributed by atoms with Crippen molar-refractivity contribution in [3.63, 3.8) is 0 Å². The summed E-state index contributed by atoms with van der Waals surface area (Å²) in [7, 11) is -14.7. The van der Waals surface area contributed by atoms with Gasteiger partial charge in [-0.2, -0.15) is 0 Å². The van der Waals surface area contributed by atoms with Crippen LogP contribution >= 0.6 is 74.6 Å². The van der Waals surface area contributed by atoms with Gasteiger partial charge in [0.1, 0.15) is 56.8 Å². The smallest absolute Gasteiger partial charge is 0.414 e. The summed E-state index contributed by atoms with van der Waals surface area (Å²) in [5, 5.41) is 4.70. The van der Waals surface area contributed by atoms with E-state index in [4.69, 9.17) is 67.1 Å². The van der Waals surface area contributed by atoms with Crippen LogP contribution in [0.3, 0.4) is 0 Å². The van der Waals surface area contributed by atoms with E-state index in [-0.39, 0.29) is 21.7 Å². The minimum atomic E-state index is -2.56. The highest BCUT2D eigenvalue weighted by molar-refractivity contribution is 7.43. The highest BCUT2D eigenvalue weighted by atomic mass is 35.5. The van der Waals surface area contributed by atoms with Gasteiger partial charge in [0.15, 0.2) is 11.5 Å². The molecule has 3 aliphatic heterocycles. The molecule has 610 valence electrons. The van der Waals surface area contributed by atoms with Crippen molar-refractivity contribution in [2.45, 2.75) is 159 Å². The van der Waals surface area contributed by atoms with Gasteiger partial charge in [0, 0.05) is 77.8 Å². The minimum absolute atomic E-state index is 0.129. The maximum absolute atomic E-state index is 14.9. The topological polar surface area (TPSA) is 126 Å². The van der Waals surface area contributed by atoms with Crippen LogP contribution in [0.25, 0.3) is 43.9 Å². The second kappa shape index (κ2) is 37.6. The minimum Gasteiger partial charge on any atom is -0.414 e. The molecule has 0 spiro atoms. The summed E-state index contributed by atoms with van der Waals surface area (Å²) < 4.78 is 146. The molecular weight excluding hydrogens is 1640 g/mol. The van der Waals surface area contributed by atoms with Crippen molar-refractivity contribution in [1.29, 1.82) is 0 Å². The van der Waals surface area contributed by atoms with Gasteiger partial charge in [-0.25, -0.2) is 0 Å². The lowest BCUT2D eigenvalue weighted by Crippen LogP contribution is -2.18. The molecule has 0 N–H and O–H groups in total. The van der Waals surface area contributed by atoms with Gasteiger partial charge in [0.2, 0.25) is 0 Å². The highest BCUT2D eigenvalue weighted by Gasteiger charge is 2.34. The Kier molecular flexibility index (Phi) is 28.6. The summed E-state index contributed by atoms with van der Waals surface area (Å²) in [5.74, 6) is 4.25. The van der Waals surface area contributed by atoms with Crippen LogP contribution in [0.2, 0.25) is 10.0 Å². The van der Waals surface area contributed by atoms with Crippen LogP contribution in [-0.2, 0) is 34.5 Å². The van der Waals surface area contributed by atoms with E-state index in [1.54, 1.807) is 84.9 Å². The Bertz CT molecular complexity index is 5450. The molecule has 0 fully saturated rings. The molecule has 0 saturated carbocycles. The molecule has 0 bridgehead atoms. The van der Waals surface area contributed by atoms with Crippen LogP contribution in [0, 0.1) is 41.5 Å². The van der Waals surface area contributed by atoms with Crippen LogP contribution in [0.4, 0.5) is 25.2 Å². The number of halogens is 8. The molecule has 116 heavy (non-hydrogen) atoms. The molecule has 26 heteroatoms. The first kappa shape index (κ1) is 88.3. The predicted octanol–water partition coefficient (Wildman–Crippen LogP) is 33.9. The van der Waals surface area contributed by atoms with E-state index in [0.29, 0.717) is 91.2 Å². The first-order valence-electron chi connectivity index (χ1n) is 37.2. The van der Waals surface area contributed by atoms with Crippen molar-refractivity contribution in [1.82, 2.24) is 0 Å². The van der Waals surface area contributed by atoms with E-state index in [2.05, 4.69) is 130 Å². The summed E-state index contributed by atoms with van der Waals surface area (Å²) in [6, 6.07) is 63.2. The van der Waals surface area contributed by atoms with Gasteiger partial charge >= 0.3 is 51.4 Å². The van der Waals surface area contributed by atoms with E-state index in [0.717, 1.165) is 99.4 Å². The van der Waals surface area contributed by atoms with E-state index in [1.807, 2.05) is 125 Å². The Balaban J connectivity index is 0.000000139. The number of hydrogen-bond acceptors (Lipinski definition) is 12. The molecule has 13 aromatic rings. The average Bonchev–Trinajstić information content (AvgIpc) is 1.28. The first-order chi connectivity index (χ1) is 54.7. The third-order valence-electron chi connectivity index (χ3n) is 18.5. The predicted molar refractivity (Wildman–Crippen MR) is 467 cm³/mol. The molecule has 2 aromatic heterocycles. The molecule has 0 atom stereocenters. The number of hydrogen-bond donors (Lipinski definition) is 0. The standard InChI is InChI=1S/C23H30FO2P.C20H26FO2P.C16H16FO2P.C13H8Cl2FO2P.C12H8FO2P.C6H4FO2P/c1-14-9-16-13-17-10-15(2)12-19(23(6,7)8)21(17)26-27(24)25-20(16)18(11-14)22(3,4)5;1-19(2,3)15-11-7-9-13-17(15)22-24(21)23-18-14-10-8-12-16(18)20(4,5)6;1-9-5-11(3)15-13(7-9)14-8-10(2)6-12(4)16(14)19-20(17)18-15;14-10-1-3-12-8(6-10)5-9-7-11(15)2-4-13(9)18-19(16)17-12;13-16-14-11-7-3-1-5-9(11)10-6-2-4-8-12(10)15-16;7-10-8-5-3-1-2-4-6(5)9-10/h9-12H,13H2,1-8H3;7-14H,1-6H3;5-8H,1-4H3;1-4,6-7H,5H2;1-8H;1-4H. The van der Waals surface area contributed by atoms with E-state index in [1.165, 1.54) is 0 Å². The molecule has 5 heterocycles. The SMILES string of the molecule is CC(C)(C)c1ccccc1OP(F)Oc1ccccc1C(C)(C)C.Cc1cc(C)c2op(F)oc3c(C)cc(C)cc3c2c1.Cc1cc2c(c(C(C)(C)C)c1)OP(F)Oc1c(cc(C)cc1C(C)(C)C)C2.FP1Oc2ccc(Cl)cc2Cc2cc(Cl)ccc2O1.FP1Oc2ccccc2O1.Fp1oc2ccccc2c2ccccc2o1. The monoisotopic (exact) mass is 1730 g/mol. The van der Waals surface area contributed by atoms with Crippen molar-refractivity contribution >= 4 is 118 Å². The van der Waals surface area contributed by atoms with E-state index >= 15 is 0 Å². The fourth-order valence-electron chi connectivity index (χ4n) is 13.3. The summed E-state index contributed by atoms with van der Waals surface area (Å²) in [6.45, 7) is 37.3. The lowest BCUT2D eigenvalue weighted by Gasteiger charge is -2.30. The van der Waals surface area contributed by atoms with Gasteiger partial charge in [-0.1, -0.05) is 239 Å². The molecule has 12 nitrogen and oxygen atoms in total. The number of benzene rings is 11. The molecule has 0 aliphatic carbocycles. The van der Waals surface area contributed by atoms with Crippen LogP contribution in [0.15, 0.2) is 223 Å². The summed E-state index contributed by atoms with van der Waals surface area (Å²) >= 11 is 11.9. The second-order valence-electron chi connectivity index (χ2n) is 32.2. The Morgan fingerprint density at radius 1 is 0.328 bits per heavy atom. The quantitative estimate of drug-likeness (QED) is 0.123. The van der Waals surface area contributed by atoms with Crippen LogP contribution in [0.1, 0.15) is 161 Å². The van der Waals surface area contributed by atoms with Crippen molar-refractivity contribution in [2.24, 2.45) is 0 Å². The highest BCUT2D eigenvalue weighted by Crippen LogP contribution is 2.55. The van der Waals surface area contributed by atoms with Gasteiger partial charge in [-0.05, 0) is 182 Å².